The highest BCUT2D eigenvalue weighted by Gasteiger charge is 2.24. The minimum absolute atomic E-state index is 0.237. The highest BCUT2D eigenvalue weighted by atomic mass is 32.2. The van der Waals surface area contributed by atoms with Crippen LogP contribution in [0.4, 0.5) is 17.1 Å². The highest BCUT2D eigenvalue weighted by Crippen LogP contribution is 2.31. The number of benzene rings is 2. The molecule has 3 N–H and O–H groups in total. The van der Waals surface area contributed by atoms with Gasteiger partial charge >= 0.3 is 0 Å². The molecule has 0 unspecified atom stereocenters. The van der Waals surface area contributed by atoms with Crippen LogP contribution in [0.2, 0.25) is 0 Å². The predicted octanol–water partition coefficient (Wildman–Crippen LogP) is 2.98. The van der Waals surface area contributed by atoms with E-state index in [-0.39, 0.29) is 4.90 Å². The minimum atomic E-state index is -3.69. The van der Waals surface area contributed by atoms with Crippen LogP contribution in [0.15, 0.2) is 47.4 Å². The van der Waals surface area contributed by atoms with E-state index in [1.165, 1.54) is 6.07 Å². The third-order valence-electron chi connectivity index (χ3n) is 3.99. The molecule has 5 nitrogen and oxygen atoms in total. The van der Waals surface area contributed by atoms with E-state index in [2.05, 4.69) is 9.62 Å². The van der Waals surface area contributed by atoms with Gasteiger partial charge in [0.05, 0.1) is 5.69 Å². The topological polar surface area (TPSA) is 75.4 Å². The van der Waals surface area contributed by atoms with Crippen LogP contribution in [0.1, 0.15) is 18.4 Å². The molecule has 2 aromatic carbocycles. The summed E-state index contributed by atoms with van der Waals surface area (Å²) in [7, 11) is -3.69. The number of nitrogens with zero attached hydrogens (tertiary/aromatic N) is 1. The first-order valence-electron chi connectivity index (χ1n) is 7.70. The van der Waals surface area contributed by atoms with E-state index in [0.29, 0.717) is 11.4 Å². The first kappa shape index (κ1) is 15.7. The van der Waals surface area contributed by atoms with Crippen LogP contribution in [0.3, 0.4) is 0 Å². The summed E-state index contributed by atoms with van der Waals surface area (Å²) in [4.78, 5) is 2.34. The van der Waals surface area contributed by atoms with Gasteiger partial charge in [-0.1, -0.05) is 12.1 Å². The van der Waals surface area contributed by atoms with Gasteiger partial charge in [-0.25, -0.2) is 8.42 Å². The molecule has 1 saturated heterocycles. The van der Waals surface area contributed by atoms with Crippen molar-refractivity contribution in [1.82, 2.24) is 0 Å². The van der Waals surface area contributed by atoms with E-state index in [9.17, 15) is 8.42 Å². The summed E-state index contributed by atoms with van der Waals surface area (Å²) in [5, 5.41) is 0. The van der Waals surface area contributed by atoms with Gasteiger partial charge in [0.15, 0.2) is 0 Å². The van der Waals surface area contributed by atoms with Crippen LogP contribution < -0.4 is 15.4 Å². The van der Waals surface area contributed by atoms with Crippen LogP contribution >= 0.6 is 0 Å². The Hall–Kier alpha value is -2.21. The fourth-order valence-corrected chi connectivity index (χ4v) is 4.19. The molecule has 0 aromatic heterocycles. The van der Waals surface area contributed by atoms with Gasteiger partial charge in [0.25, 0.3) is 10.0 Å². The third kappa shape index (κ3) is 3.42. The number of hydrogen-bond acceptors (Lipinski definition) is 4. The minimum Gasteiger partial charge on any atom is -0.399 e. The van der Waals surface area contributed by atoms with Crippen molar-refractivity contribution in [3.05, 3.63) is 48.0 Å². The van der Waals surface area contributed by atoms with Gasteiger partial charge in [-0.15, -0.1) is 0 Å². The number of nitrogens with two attached hydrogens (primary N) is 1. The standard InChI is InChI=1S/C17H21N3O2S/c1-13-5-4-6-15(11-13)19-23(21,22)17-12-14(18)7-8-16(17)20-9-2-3-10-20/h4-8,11-12,19H,2-3,9-10,18H2,1H3. The fraction of sp³-hybridized carbons (Fsp3) is 0.294. The largest absolute Gasteiger partial charge is 0.399 e. The Morgan fingerprint density at radius 1 is 1.09 bits per heavy atom. The number of anilines is 3. The van der Waals surface area contributed by atoms with Gasteiger partial charge in [0, 0.05) is 24.5 Å². The maximum atomic E-state index is 12.8. The number of rotatable bonds is 4. The van der Waals surface area contributed by atoms with Gasteiger partial charge in [-0.05, 0) is 55.7 Å². The van der Waals surface area contributed by atoms with Crippen LogP contribution in [-0.2, 0) is 10.0 Å². The Labute approximate surface area is 137 Å². The lowest BCUT2D eigenvalue weighted by Crippen LogP contribution is -2.23. The lowest BCUT2D eigenvalue weighted by atomic mass is 10.2. The van der Waals surface area contributed by atoms with Crippen LogP contribution in [0, 0.1) is 6.92 Å². The molecular weight excluding hydrogens is 310 g/mol. The molecule has 0 aliphatic carbocycles. The summed E-state index contributed by atoms with van der Waals surface area (Å²) < 4.78 is 28.4. The van der Waals surface area contributed by atoms with Gasteiger partial charge in [0.2, 0.25) is 0 Å². The van der Waals surface area contributed by atoms with Crippen molar-refractivity contribution >= 4 is 27.1 Å². The molecule has 1 aliphatic rings. The summed E-state index contributed by atoms with van der Waals surface area (Å²) in [6.07, 6.45) is 2.16. The molecule has 1 heterocycles. The van der Waals surface area contributed by atoms with Gasteiger partial charge in [-0.2, -0.15) is 0 Å². The normalized spacial score (nSPS) is 14.9. The van der Waals surface area contributed by atoms with E-state index in [1.54, 1.807) is 24.3 Å². The van der Waals surface area contributed by atoms with Crippen molar-refractivity contribution in [1.29, 1.82) is 0 Å². The molecule has 122 valence electrons. The maximum Gasteiger partial charge on any atom is 0.264 e. The van der Waals surface area contributed by atoms with Crippen molar-refractivity contribution in [2.45, 2.75) is 24.7 Å². The molecule has 1 aliphatic heterocycles. The summed E-state index contributed by atoms with van der Waals surface area (Å²) in [6.45, 7) is 3.67. The maximum absolute atomic E-state index is 12.8. The van der Waals surface area contributed by atoms with Gasteiger partial charge < -0.3 is 10.6 Å². The van der Waals surface area contributed by atoms with E-state index >= 15 is 0 Å². The monoisotopic (exact) mass is 331 g/mol. The molecule has 0 atom stereocenters. The Bertz CT molecular complexity index is 812. The quantitative estimate of drug-likeness (QED) is 0.845. The molecule has 0 radical (unpaired) electrons. The lowest BCUT2D eigenvalue weighted by Gasteiger charge is -2.22. The smallest absolute Gasteiger partial charge is 0.264 e. The van der Waals surface area contributed by atoms with Gasteiger partial charge in [0.1, 0.15) is 4.90 Å². The zero-order valence-electron chi connectivity index (χ0n) is 13.1. The number of hydrogen-bond donors (Lipinski definition) is 2. The number of sulfonamides is 1. The van der Waals surface area contributed by atoms with Crippen LogP contribution in [0.5, 0.6) is 0 Å². The Kier molecular flexibility index (Phi) is 4.17. The van der Waals surface area contributed by atoms with Crippen LogP contribution in [-0.4, -0.2) is 21.5 Å². The lowest BCUT2D eigenvalue weighted by molar-refractivity contribution is 0.601. The van der Waals surface area contributed by atoms with E-state index < -0.39 is 10.0 Å². The van der Waals surface area contributed by atoms with E-state index in [4.69, 9.17) is 5.73 Å². The van der Waals surface area contributed by atoms with Crippen molar-refractivity contribution in [2.75, 3.05) is 28.4 Å². The first-order valence-corrected chi connectivity index (χ1v) is 9.18. The molecule has 0 spiro atoms. The second kappa shape index (κ2) is 6.12. The fourth-order valence-electron chi connectivity index (χ4n) is 2.88. The number of nitrogens with one attached hydrogen (secondary N) is 1. The molecule has 1 fully saturated rings. The molecule has 6 heteroatoms. The second-order valence-electron chi connectivity index (χ2n) is 5.90. The molecule has 3 rings (SSSR count). The first-order chi connectivity index (χ1) is 11.0. The van der Waals surface area contributed by atoms with Crippen molar-refractivity contribution < 1.29 is 8.42 Å². The Morgan fingerprint density at radius 2 is 1.83 bits per heavy atom. The number of aryl methyl sites for hydroxylation is 1. The Morgan fingerprint density at radius 3 is 2.52 bits per heavy atom. The summed E-state index contributed by atoms with van der Waals surface area (Å²) in [6, 6.07) is 12.4. The Balaban J connectivity index is 2.00. The van der Waals surface area contributed by atoms with Crippen molar-refractivity contribution in [3.8, 4) is 0 Å². The van der Waals surface area contributed by atoms with E-state index in [0.717, 1.165) is 37.2 Å². The molecule has 0 amide bonds. The number of nitrogen functional groups attached to an aromatic ring is 1. The average Bonchev–Trinajstić information content (AvgIpc) is 3.01. The van der Waals surface area contributed by atoms with E-state index in [1.807, 2.05) is 19.1 Å². The van der Waals surface area contributed by atoms with Crippen molar-refractivity contribution in [3.63, 3.8) is 0 Å². The zero-order chi connectivity index (χ0) is 16.4. The molecule has 2 aromatic rings. The summed E-state index contributed by atoms with van der Waals surface area (Å²) >= 11 is 0. The predicted molar refractivity (Wildman–Crippen MR) is 94.3 cm³/mol. The molecule has 0 saturated carbocycles. The highest BCUT2D eigenvalue weighted by molar-refractivity contribution is 7.92. The van der Waals surface area contributed by atoms with Gasteiger partial charge in [-0.3, -0.25) is 4.72 Å². The zero-order valence-corrected chi connectivity index (χ0v) is 13.9. The van der Waals surface area contributed by atoms with Crippen molar-refractivity contribution in [2.24, 2.45) is 0 Å². The summed E-state index contributed by atoms with van der Waals surface area (Å²) in [5.41, 5.74) is 8.54. The molecule has 23 heavy (non-hydrogen) atoms. The third-order valence-corrected chi connectivity index (χ3v) is 5.40. The summed E-state index contributed by atoms with van der Waals surface area (Å²) in [5.74, 6) is 0. The SMILES string of the molecule is Cc1cccc(NS(=O)(=O)c2cc(N)ccc2N2CCCC2)c1. The van der Waals surface area contributed by atoms with Crippen LogP contribution in [0.25, 0.3) is 0 Å². The molecule has 0 bridgehead atoms. The average molecular weight is 331 g/mol. The molecular formula is C17H21N3O2S. The second-order valence-corrected chi connectivity index (χ2v) is 7.55.